The molecule has 20 heavy (non-hydrogen) atoms. The molecule has 1 aromatic rings. The summed E-state index contributed by atoms with van der Waals surface area (Å²) in [5.74, 6) is 0.251. The van der Waals surface area contributed by atoms with E-state index in [0.717, 1.165) is 25.3 Å². The number of anilines is 1. The fraction of sp³-hybridized carbons (Fsp3) is 0.615. The Balaban J connectivity index is 2.39. The van der Waals surface area contributed by atoms with E-state index < -0.39 is 11.9 Å². The monoisotopic (exact) mass is 289 g/mol. The molecule has 0 aromatic carbocycles. The number of nitrogens with zero attached hydrogens (tertiary/aromatic N) is 2. The van der Waals surface area contributed by atoms with E-state index in [1.54, 1.807) is 4.90 Å². The molecule has 1 fully saturated rings. The van der Waals surface area contributed by atoms with Crippen molar-refractivity contribution in [3.05, 3.63) is 23.4 Å². The van der Waals surface area contributed by atoms with Crippen LogP contribution in [0.2, 0.25) is 0 Å². The molecule has 4 nitrogen and oxygen atoms in total. The Labute approximate surface area is 115 Å². The highest BCUT2D eigenvalue weighted by Crippen LogP contribution is 2.34. The van der Waals surface area contributed by atoms with E-state index in [0.29, 0.717) is 5.56 Å². The zero-order valence-electron chi connectivity index (χ0n) is 11.0. The van der Waals surface area contributed by atoms with Crippen LogP contribution in [0.3, 0.4) is 0 Å². The first kappa shape index (κ1) is 15.1. The van der Waals surface area contributed by atoms with Gasteiger partial charge in [-0.3, -0.25) is 0 Å². The Hall–Kier alpha value is -1.34. The third kappa shape index (κ3) is 3.04. The molecule has 0 bridgehead atoms. The van der Waals surface area contributed by atoms with Crippen molar-refractivity contribution in [2.75, 3.05) is 18.1 Å². The highest BCUT2D eigenvalue weighted by Gasteiger charge is 2.34. The van der Waals surface area contributed by atoms with Gasteiger partial charge in [0.2, 0.25) is 0 Å². The highest BCUT2D eigenvalue weighted by atomic mass is 19.4. The number of hydrogen-bond donors (Lipinski definition) is 2. The van der Waals surface area contributed by atoms with Gasteiger partial charge >= 0.3 is 6.18 Å². The van der Waals surface area contributed by atoms with Crippen LogP contribution < -0.4 is 10.6 Å². The molecule has 112 valence electrons. The van der Waals surface area contributed by atoms with Crippen LogP contribution in [0.5, 0.6) is 0 Å². The minimum atomic E-state index is -4.48. The lowest BCUT2D eigenvalue weighted by atomic mass is 9.91. The molecule has 3 N–H and O–H groups in total. The summed E-state index contributed by atoms with van der Waals surface area (Å²) in [5.41, 5.74) is 5.24. The van der Waals surface area contributed by atoms with E-state index in [2.05, 4.69) is 4.98 Å². The van der Waals surface area contributed by atoms with Crippen molar-refractivity contribution in [3.8, 4) is 0 Å². The minimum absolute atomic E-state index is 0.120. The van der Waals surface area contributed by atoms with Crippen molar-refractivity contribution in [3.63, 3.8) is 0 Å². The lowest BCUT2D eigenvalue weighted by molar-refractivity contribution is -0.141. The topological polar surface area (TPSA) is 62.4 Å². The maximum absolute atomic E-state index is 12.8. The molecule has 1 aromatic heterocycles. The van der Waals surface area contributed by atoms with Crippen LogP contribution >= 0.6 is 0 Å². The fourth-order valence-corrected chi connectivity index (χ4v) is 2.31. The van der Waals surface area contributed by atoms with Crippen LogP contribution in [0.1, 0.15) is 30.5 Å². The van der Waals surface area contributed by atoms with Crippen LogP contribution in [0, 0.1) is 0 Å². The molecule has 1 aliphatic rings. The van der Waals surface area contributed by atoms with E-state index in [-0.39, 0.29) is 31.6 Å². The molecular formula is C13H18F3N3O. The summed E-state index contributed by atoms with van der Waals surface area (Å²) in [6.07, 6.45) is -1.63. The molecule has 0 spiro atoms. The Bertz CT molecular complexity index is 461. The number of alkyl halides is 3. The summed E-state index contributed by atoms with van der Waals surface area (Å²) < 4.78 is 38.4. The van der Waals surface area contributed by atoms with Crippen LogP contribution in [-0.2, 0) is 12.7 Å². The normalized spacial score (nSPS) is 16.1. The number of hydrogen-bond acceptors (Lipinski definition) is 4. The van der Waals surface area contributed by atoms with Crippen molar-refractivity contribution in [2.45, 2.75) is 38.0 Å². The molecule has 0 amide bonds. The molecule has 0 atom stereocenters. The lowest BCUT2D eigenvalue weighted by Gasteiger charge is -2.39. The maximum Gasteiger partial charge on any atom is 0.433 e. The minimum Gasteiger partial charge on any atom is -0.395 e. The van der Waals surface area contributed by atoms with Gasteiger partial charge in [0, 0.05) is 24.7 Å². The van der Waals surface area contributed by atoms with Gasteiger partial charge in [0.25, 0.3) is 0 Å². The first-order chi connectivity index (χ1) is 9.47. The molecule has 2 rings (SSSR count). The third-order valence-corrected chi connectivity index (χ3v) is 3.59. The van der Waals surface area contributed by atoms with E-state index in [1.807, 2.05) is 0 Å². The number of aromatic nitrogens is 1. The number of pyridine rings is 1. The number of aliphatic hydroxyl groups is 1. The average Bonchev–Trinajstić information content (AvgIpc) is 2.34. The van der Waals surface area contributed by atoms with Crippen LogP contribution in [0.15, 0.2) is 12.1 Å². The van der Waals surface area contributed by atoms with Gasteiger partial charge < -0.3 is 15.7 Å². The van der Waals surface area contributed by atoms with E-state index in [9.17, 15) is 13.2 Å². The second kappa shape index (κ2) is 5.97. The number of rotatable bonds is 5. The smallest absolute Gasteiger partial charge is 0.395 e. The highest BCUT2D eigenvalue weighted by molar-refractivity contribution is 5.49. The second-order valence-electron chi connectivity index (χ2n) is 4.88. The Morgan fingerprint density at radius 2 is 2.05 bits per heavy atom. The predicted octanol–water partition coefficient (Wildman–Crippen LogP) is 1.91. The van der Waals surface area contributed by atoms with Crippen molar-refractivity contribution in [1.29, 1.82) is 0 Å². The summed E-state index contributed by atoms with van der Waals surface area (Å²) in [6, 6.07) is 2.46. The van der Waals surface area contributed by atoms with Gasteiger partial charge in [-0.25, -0.2) is 4.98 Å². The van der Waals surface area contributed by atoms with Gasteiger partial charge in [-0.2, -0.15) is 13.2 Å². The van der Waals surface area contributed by atoms with Crippen LogP contribution in [0.25, 0.3) is 0 Å². The van der Waals surface area contributed by atoms with E-state index in [4.69, 9.17) is 10.8 Å². The summed E-state index contributed by atoms with van der Waals surface area (Å²) in [5, 5.41) is 9.14. The maximum atomic E-state index is 12.8. The number of halogens is 3. The molecule has 7 heteroatoms. The summed E-state index contributed by atoms with van der Waals surface area (Å²) in [7, 11) is 0. The van der Waals surface area contributed by atoms with Crippen molar-refractivity contribution in [2.24, 2.45) is 5.73 Å². The number of nitrogens with two attached hydrogens (primary N) is 1. The predicted molar refractivity (Wildman–Crippen MR) is 69.2 cm³/mol. The Morgan fingerprint density at radius 1 is 1.35 bits per heavy atom. The zero-order valence-corrected chi connectivity index (χ0v) is 11.0. The SMILES string of the molecule is NCc1ccc(C(F)(F)F)nc1N(CCO)C1CCC1. The van der Waals surface area contributed by atoms with Crippen molar-refractivity contribution in [1.82, 2.24) is 4.98 Å². The first-order valence-corrected chi connectivity index (χ1v) is 6.62. The molecule has 0 saturated heterocycles. The van der Waals surface area contributed by atoms with Gasteiger partial charge in [0.15, 0.2) is 0 Å². The lowest BCUT2D eigenvalue weighted by Crippen LogP contribution is -2.43. The number of aliphatic hydroxyl groups excluding tert-OH is 1. The molecule has 1 heterocycles. The second-order valence-corrected chi connectivity index (χ2v) is 4.88. The summed E-state index contributed by atoms with van der Waals surface area (Å²) >= 11 is 0. The molecule has 1 saturated carbocycles. The molecular weight excluding hydrogens is 271 g/mol. The zero-order chi connectivity index (χ0) is 14.8. The van der Waals surface area contributed by atoms with Gasteiger partial charge in [-0.15, -0.1) is 0 Å². The van der Waals surface area contributed by atoms with Crippen LogP contribution in [-0.4, -0.2) is 29.3 Å². The Kier molecular flexibility index (Phi) is 4.49. The van der Waals surface area contributed by atoms with Gasteiger partial charge in [-0.1, -0.05) is 6.07 Å². The first-order valence-electron chi connectivity index (χ1n) is 6.62. The van der Waals surface area contributed by atoms with E-state index >= 15 is 0 Å². The third-order valence-electron chi connectivity index (χ3n) is 3.59. The summed E-state index contributed by atoms with van der Waals surface area (Å²) in [4.78, 5) is 5.50. The quantitative estimate of drug-likeness (QED) is 0.869. The largest absolute Gasteiger partial charge is 0.433 e. The van der Waals surface area contributed by atoms with Gasteiger partial charge in [-0.05, 0) is 25.3 Å². The van der Waals surface area contributed by atoms with E-state index in [1.165, 1.54) is 6.07 Å². The standard InChI is InChI=1S/C13H18F3N3O/c14-13(15,16)11-5-4-9(8-17)12(18-11)19(6-7-20)10-2-1-3-10/h4-5,10,20H,1-3,6-8,17H2. The summed E-state index contributed by atoms with van der Waals surface area (Å²) in [6.45, 7) is 0.263. The molecule has 0 radical (unpaired) electrons. The molecule has 0 unspecified atom stereocenters. The fourth-order valence-electron chi connectivity index (χ4n) is 2.31. The molecule has 0 aliphatic heterocycles. The average molecular weight is 289 g/mol. The van der Waals surface area contributed by atoms with Gasteiger partial charge in [0.1, 0.15) is 11.5 Å². The van der Waals surface area contributed by atoms with Crippen LogP contribution in [0.4, 0.5) is 19.0 Å². The van der Waals surface area contributed by atoms with Crippen molar-refractivity contribution >= 4 is 5.82 Å². The Morgan fingerprint density at radius 3 is 2.50 bits per heavy atom. The molecule has 1 aliphatic carbocycles. The van der Waals surface area contributed by atoms with Gasteiger partial charge in [0.05, 0.1) is 6.61 Å². The van der Waals surface area contributed by atoms with Crippen molar-refractivity contribution < 1.29 is 18.3 Å².